The lowest BCUT2D eigenvalue weighted by Gasteiger charge is -2.16. The van der Waals surface area contributed by atoms with Crippen molar-refractivity contribution in [2.75, 3.05) is 30.7 Å². The molecule has 7 nitrogen and oxygen atoms in total. The Morgan fingerprint density at radius 1 is 1.42 bits per heavy atom. The van der Waals surface area contributed by atoms with E-state index in [1.807, 2.05) is 23.1 Å². The zero-order valence-corrected chi connectivity index (χ0v) is 13.9. The van der Waals surface area contributed by atoms with Gasteiger partial charge in [0.2, 0.25) is 5.91 Å². The maximum absolute atomic E-state index is 11.7. The van der Waals surface area contributed by atoms with E-state index in [1.54, 1.807) is 17.5 Å². The molecule has 0 radical (unpaired) electrons. The number of H-pyrrole nitrogens is 1. The van der Waals surface area contributed by atoms with E-state index in [1.165, 1.54) is 0 Å². The van der Waals surface area contributed by atoms with Gasteiger partial charge < -0.3 is 16.0 Å². The zero-order chi connectivity index (χ0) is 16.5. The summed E-state index contributed by atoms with van der Waals surface area (Å²) in [6, 6.07) is 5.79. The molecule has 1 amide bonds. The number of nitrogens with one attached hydrogen (secondary N) is 2. The molecule has 0 saturated carbocycles. The van der Waals surface area contributed by atoms with Gasteiger partial charge in [-0.15, -0.1) is 11.3 Å². The van der Waals surface area contributed by atoms with Crippen LogP contribution in [0.3, 0.4) is 0 Å². The van der Waals surface area contributed by atoms with Gasteiger partial charge in [-0.05, 0) is 18.6 Å². The van der Waals surface area contributed by atoms with Crippen LogP contribution in [-0.4, -0.2) is 45.6 Å². The number of nitrogens with two attached hydrogens (primary N) is 1. The Bertz CT molecular complexity index is 872. The van der Waals surface area contributed by atoms with Crippen LogP contribution in [0.1, 0.15) is 12.8 Å². The molecule has 1 fully saturated rings. The molecular weight excluding hydrogens is 324 g/mol. The molecule has 0 spiro atoms. The number of hydrogen-bond donors (Lipinski definition) is 3. The van der Waals surface area contributed by atoms with E-state index in [2.05, 4.69) is 20.5 Å². The first-order valence-electron chi connectivity index (χ1n) is 7.92. The number of anilines is 2. The SMILES string of the molecule is Nc1cc(NCCN2CCCC2=O)c2sc(-c3ccn[nH]3)cc2n1. The maximum Gasteiger partial charge on any atom is 0.222 e. The lowest BCUT2D eigenvalue weighted by Crippen LogP contribution is -2.29. The first kappa shape index (κ1) is 14.9. The molecule has 24 heavy (non-hydrogen) atoms. The summed E-state index contributed by atoms with van der Waals surface area (Å²) in [4.78, 5) is 19.1. The normalized spacial score (nSPS) is 14.7. The van der Waals surface area contributed by atoms with Gasteiger partial charge >= 0.3 is 0 Å². The second-order valence-electron chi connectivity index (χ2n) is 5.80. The highest BCUT2D eigenvalue weighted by Gasteiger charge is 2.19. The first-order chi connectivity index (χ1) is 11.7. The number of amides is 1. The minimum Gasteiger partial charge on any atom is -0.384 e. The first-order valence-corrected chi connectivity index (χ1v) is 8.74. The summed E-state index contributed by atoms with van der Waals surface area (Å²) >= 11 is 1.64. The van der Waals surface area contributed by atoms with Crippen LogP contribution < -0.4 is 11.1 Å². The Morgan fingerprint density at radius 3 is 3.08 bits per heavy atom. The summed E-state index contributed by atoms with van der Waals surface area (Å²) in [5, 5.41) is 10.4. The van der Waals surface area contributed by atoms with Gasteiger partial charge in [0.1, 0.15) is 5.82 Å². The quantitative estimate of drug-likeness (QED) is 0.661. The van der Waals surface area contributed by atoms with Crippen molar-refractivity contribution in [3.05, 3.63) is 24.4 Å². The van der Waals surface area contributed by atoms with Gasteiger partial charge in [0.25, 0.3) is 0 Å². The van der Waals surface area contributed by atoms with E-state index in [-0.39, 0.29) is 5.91 Å². The number of thiophene rings is 1. The number of aromatic amines is 1. The van der Waals surface area contributed by atoms with Crippen LogP contribution >= 0.6 is 11.3 Å². The van der Waals surface area contributed by atoms with E-state index >= 15 is 0 Å². The fraction of sp³-hybridized carbons (Fsp3) is 0.312. The summed E-state index contributed by atoms with van der Waals surface area (Å²) in [5.74, 6) is 0.727. The van der Waals surface area contributed by atoms with Crippen LogP contribution in [0.2, 0.25) is 0 Å². The van der Waals surface area contributed by atoms with E-state index in [0.717, 1.165) is 39.4 Å². The van der Waals surface area contributed by atoms with Gasteiger partial charge in [-0.25, -0.2) is 4.98 Å². The number of aromatic nitrogens is 3. The zero-order valence-electron chi connectivity index (χ0n) is 13.1. The Labute approximate surface area is 142 Å². The maximum atomic E-state index is 11.7. The van der Waals surface area contributed by atoms with Gasteiger partial charge in [0.05, 0.1) is 26.5 Å². The fourth-order valence-electron chi connectivity index (χ4n) is 2.97. The number of rotatable bonds is 5. The lowest BCUT2D eigenvalue weighted by molar-refractivity contribution is -0.127. The molecule has 0 aliphatic carbocycles. The van der Waals surface area contributed by atoms with Gasteiger partial charge in [-0.1, -0.05) is 0 Å². The summed E-state index contributed by atoms with van der Waals surface area (Å²) in [6.45, 7) is 2.26. The molecule has 4 rings (SSSR count). The number of carbonyl (C=O) groups excluding carboxylic acids is 1. The summed E-state index contributed by atoms with van der Waals surface area (Å²) in [6.07, 6.45) is 3.36. The van der Waals surface area contributed by atoms with Crippen LogP contribution in [0.25, 0.3) is 20.8 Å². The van der Waals surface area contributed by atoms with E-state index in [4.69, 9.17) is 5.73 Å². The Kier molecular flexibility index (Phi) is 3.81. The molecule has 4 N–H and O–H groups in total. The Hall–Kier alpha value is -2.61. The number of carbonyl (C=O) groups is 1. The van der Waals surface area contributed by atoms with Gasteiger partial charge in [-0.2, -0.15) is 5.10 Å². The molecule has 1 saturated heterocycles. The third-order valence-electron chi connectivity index (χ3n) is 4.13. The average molecular weight is 342 g/mol. The minimum absolute atomic E-state index is 0.244. The van der Waals surface area contributed by atoms with Crippen LogP contribution in [-0.2, 0) is 4.79 Å². The number of likely N-dealkylation sites (tertiary alicyclic amines) is 1. The topological polar surface area (TPSA) is 99.9 Å². The third-order valence-corrected chi connectivity index (χ3v) is 5.32. The molecule has 124 valence electrons. The van der Waals surface area contributed by atoms with Gasteiger partial charge in [0, 0.05) is 38.3 Å². The molecule has 0 bridgehead atoms. The van der Waals surface area contributed by atoms with Crippen molar-refractivity contribution in [3.63, 3.8) is 0 Å². The van der Waals surface area contributed by atoms with Crippen LogP contribution in [0.4, 0.5) is 11.5 Å². The molecular formula is C16H18N6OS. The molecule has 1 aliphatic rings. The molecule has 0 unspecified atom stereocenters. The Morgan fingerprint density at radius 2 is 2.33 bits per heavy atom. The fourth-order valence-corrected chi connectivity index (χ4v) is 4.03. The highest BCUT2D eigenvalue weighted by atomic mass is 32.1. The highest BCUT2D eigenvalue weighted by Crippen LogP contribution is 2.36. The van der Waals surface area contributed by atoms with Crippen LogP contribution in [0.5, 0.6) is 0 Å². The Balaban J connectivity index is 1.56. The van der Waals surface area contributed by atoms with Crippen molar-refractivity contribution in [3.8, 4) is 10.6 Å². The van der Waals surface area contributed by atoms with E-state index in [0.29, 0.717) is 25.3 Å². The molecule has 4 heterocycles. The molecule has 3 aromatic rings. The van der Waals surface area contributed by atoms with Crippen molar-refractivity contribution in [2.45, 2.75) is 12.8 Å². The smallest absolute Gasteiger partial charge is 0.222 e. The largest absolute Gasteiger partial charge is 0.384 e. The van der Waals surface area contributed by atoms with E-state index < -0.39 is 0 Å². The molecule has 8 heteroatoms. The molecule has 0 atom stereocenters. The van der Waals surface area contributed by atoms with Crippen LogP contribution in [0.15, 0.2) is 24.4 Å². The molecule has 3 aromatic heterocycles. The second-order valence-corrected chi connectivity index (χ2v) is 6.85. The highest BCUT2D eigenvalue weighted by molar-refractivity contribution is 7.22. The number of pyridine rings is 1. The van der Waals surface area contributed by atoms with Crippen molar-refractivity contribution >= 4 is 39.0 Å². The summed E-state index contributed by atoms with van der Waals surface area (Å²) in [5.41, 5.74) is 8.72. The number of fused-ring (bicyclic) bond motifs is 1. The average Bonchev–Trinajstić information content (AvgIpc) is 3.27. The monoisotopic (exact) mass is 342 g/mol. The third kappa shape index (κ3) is 2.80. The van der Waals surface area contributed by atoms with Crippen molar-refractivity contribution in [2.24, 2.45) is 0 Å². The summed E-state index contributed by atoms with van der Waals surface area (Å²) in [7, 11) is 0. The molecule has 0 aromatic carbocycles. The second kappa shape index (κ2) is 6.12. The van der Waals surface area contributed by atoms with Crippen LogP contribution in [0, 0.1) is 0 Å². The minimum atomic E-state index is 0.244. The van der Waals surface area contributed by atoms with Crippen molar-refractivity contribution < 1.29 is 4.79 Å². The number of hydrogen-bond acceptors (Lipinski definition) is 6. The van der Waals surface area contributed by atoms with Crippen molar-refractivity contribution in [1.29, 1.82) is 0 Å². The predicted molar refractivity (Wildman–Crippen MR) is 95.9 cm³/mol. The number of nitrogen functional groups attached to an aromatic ring is 1. The predicted octanol–water partition coefficient (Wildman–Crippen LogP) is 2.30. The van der Waals surface area contributed by atoms with Gasteiger partial charge in [0.15, 0.2) is 0 Å². The lowest BCUT2D eigenvalue weighted by atomic mass is 10.3. The van der Waals surface area contributed by atoms with E-state index in [9.17, 15) is 4.79 Å². The number of nitrogens with zero attached hydrogens (tertiary/aromatic N) is 3. The van der Waals surface area contributed by atoms with Gasteiger partial charge in [-0.3, -0.25) is 9.89 Å². The molecule has 1 aliphatic heterocycles. The summed E-state index contributed by atoms with van der Waals surface area (Å²) < 4.78 is 1.06. The van der Waals surface area contributed by atoms with Crippen molar-refractivity contribution in [1.82, 2.24) is 20.1 Å². The standard InChI is InChI=1S/C16H18N6OS/c17-14-9-11(18-5-7-22-6-1-2-15(22)23)16-12(20-14)8-13(24-16)10-3-4-19-21-10/h3-4,8-9H,1-2,5-7H2,(H,19,21)(H3,17,18,20).